The zero-order valence-corrected chi connectivity index (χ0v) is 23.4. The molecule has 198 valence electrons. The molecule has 1 aromatic carbocycles. The lowest BCUT2D eigenvalue weighted by Gasteiger charge is -2.26. The number of amides is 1. The molecule has 0 aromatic heterocycles. The summed E-state index contributed by atoms with van der Waals surface area (Å²) in [5, 5.41) is 0. The molecule has 0 heterocycles. The smallest absolute Gasteiger partial charge is 0.410 e. The molecule has 1 amide bonds. The average Bonchev–Trinajstić information content (AvgIpc) is 2.79. The van der Waals surface area contributed by atoms with E-state index in [1.807, 2.05) is 32.9 Å². The Balaban J connectivity index is 2.99. The average molecular weight is 559 g/mol. The summed E-state index contributed by atoms with van der Waals surface area (Å²) in [6.07, 6.45) is 3.66. The fourth-order valence-electron chi connectivity index (χ4n) is 3.00. The van der Waals surface area contributed by atoms with Crippen LogP contribution in [0, 0.1) is 0 Å². The van der Waals surface area contributed by atoms with Crippen LogP contribution in [0.25, 0.3) is 0 Å². The topological polar surface area (TPSA) is 75.7 Å². The monoisotopic (exact) mass is 557 g/mol. The predicted octanol–water partition coefficient (Wildman–Crippen LogP) is 5.73. The standard InChI is InChI=1S/C26H40BrNO7/c1-9-11-21(16-20(10-2)33-18-32-15-14-30-7)34-24-22(31-8)13-12-19(23(24)27)17-28(6)25(29)35-26(3,4)5/h9-10,12-13,20-21H,1-2,11,14-18H2,3-8H3/t20-,21+/m0/s1. The summed E-state index contributed by atoms with van der Waals surface area (Å²) in [6.45, 7) is 14.6. The lowest BCUT2D eigenvalue weighted by Crippen LogP contribution is -2.33. The Bertz CT molecular complexity index is 810. The molecular weight excluding hydrogens is 518 g/mol. The summed E-state index contributed by atoms with van der Waals surface area (Å²) in [6, 6.07) is 3.70. The molecule has 1 aromatic rings. The van der Waals surface area contributed by atoms with E-state index >= 15 is 0 Å². The number of carbonyl (C=O) groups excluding carboxylic acids is 1. The fourth-order valence-corrected chi connectivity index (χ4v) is 3.55. The number of carbonyl (C=O) groups is 1. The summed E-state index contributed by atoms with van der Waals surface area (Å²) in [5.41, 5.74) is 0.266. The van der Waals surface area contributed by atoms with Gasteiger partial charge >= 0.3 is 6.09 Å². The van der Waals surface area contributed by atoms with E-state index in [4.69, 9.17) is 28.4 Å². The van der Waals surface area contributed by atoms with E-state index < -0.39 is 11.7 Å². The lowest BCUT2D eigenvalue weighted by molar-refractivity contribution is -0.0916. The van der Waals surface area contributed by atoms with Crippen LogP contribution in [0.1, 0.15) is 39.2 Å². The van der Waals surface area contributed by atoms with E-state index in [0.717, 1.165) is 5.56 Å². The summed E-state index contributed by atoms with van der Waals surface area (Å²) < 4.78 is 34.2. The van der Waals surface area contributed by atoms with E-state index in [1.54, 1.807) is 33.4 Å². The molecule has 1 rings (SSSR count). The third-order valence-corrected chi connectivity index (χ3v) is 5.61. The van der Waals surface area contributed by atoms with Crippen molar-refractivity contribution in [3.63, 3.8) is 0 Å². The Hall–Kier alpha value is -2.07. The molecule has 0 bridgehead atoms. The van der Waals surface area contributed by atoms with Crippen molar-refractivity contribution in [2.45, 2.75) is 58.0 Å². The molecular formula is C26H40BrNO7. The lowest BCUT2D eigenvalue weighted by atomic mass is 10.1. The predicted molar refractivity (Wildman–Crippen MR) is 140 cm³/mol. The summed E-state index contributed by atoms with van der Waals surface area (Å²) >= 11 is 3.65. The fraction of sp³-hybridized carbons (Fsp3) is 0.577. The minimum atomic E-state index is -0.576. The van der Waals surface area contributed by atoms with E-state index in [2.05, 4.69) is 29.1 Å². The maximum Gasteiger partial charge on any atom is 0.410 e. The van der Waals surface area contributed by atoms with Gasteiger partial charge in [-0.1, -0.05) is 18.2 Å². The molecule has 35 heavy (non-hydrogen) atoms. The van der Waals surface area contributed by atoms with Crippen LogP contribution in [0.4, 0.5) is 4.79 Å². The number of halogens is 1. The number of hydrogen-bond acceptors (Lipinski definition) is 7. The van der Waals surface area contributed by atoms with Crippen molar-refractivity contribution in [2.24, 2.45) is 0 Å². The normalized spacial score (nSPS) is 13.0. The highest BCUT2D eigenvalue weighted by Crippen LogP contribution is 2.39. The maximum atomic E-state index is 12.4. The van der Waals surface area contributed by atoms with Gasteiger partial charge in [0.1, 0.15) is 18.5 Å². The van der Waals surface area contributed by atoms with Crippen molar-refractivity contribution in [3.8, 4) is 11.5 Å². The van der Waals surface area contributed by atoms with Gasteiger partial charge in [0, 0.05) is 33.5 Å². The molecule has 0 saturated carbocycles. The second kappa shape index (κ2) is 15.8. The van der Waals surface area contributed by atoms with Gasteiger partial charge in [0.25, 0.3) is 0 Å². The molecule has 2 atom stereocenters. The first-order valence-corrected chi connectivity index (χ1v) is 12.2. The molecule has 9 heteroatoms. The molecule has 0 unspecified atom stereocenters. The van der Waals surface area contributed by atoms with Gasteiger partial charge in [-0.05, 0) is 48.3 Å². The number of nitrogens with zero attached hydrogens (tertiary/aromatic N) is 1. The van der Waals surface area contributed by atoms with Crippen LogP contribution in [-0.4, -0.2) is 70.1 Å². The quantitative estimate of drug-likeness (QED) is 0.146. The van der Waals surface area contributed by atoms with Crippen molar-refractivity contribution in [2.75, 3.05) is 41.3 Å². The Morgan fingerprint density at radius 2 is 1.91 bits per heavy atom. The summed E-state index contributed by atoms with van der Waals surface area (Å²) in [4.78, 5) is 13.9. The number of benzene rings is 1. The van der Waals surface area contributed by atoms with Gasteiger partial charge in [-0.25, -0.2) is 4.79 Å². The highest BCUT2D eigenvalue weighted by molar-refractivity contribution is 9.10. The Kier molecular flexibility index (Phi) is 14.0. The van der Waals surface area contributed by atoms with Crippen molar-refractivity contribution >= 4 is 22.0 Å². The van der Waals surface area contributed by atoms with E-state index in [0.29, 0.717) is 48.6 Å². The first-order valence-electron chi connectivity index (χ1n) is 11.4. The van der Waals surface area contributed by atoms with Gasteiger partial charge < -0.3 is 33.3 Å². The highest BCUT2D eigenvalue weighted by Gasteiger charge is 2.24. The number of hydrogen-bond donors (Lipinski definition) is 0. The van der Waals surface area contributed by atoms with Gasteiger partial charge in [-0.3, -0.25) is 0 Å². The van der Waals surface area contributed by atoms with E-state index in [-0.39, 0.29) is 19.0 Å². The largest absolute Gasteiger partial charge is 0.493 e. The van der Waals surface area contributed by atoms with Crippen LogP contribution in [0.15, 0.2) is 41.9 Å². The molecule has 0 radical (unpaired) electrons. The molecule has 0 aliphatic heterocycles. The number of methoxy groups -OCH3 is 2. The van der Waals surface area contributed by atoms with E-state index in [9.17, 15) is 4.79 Å². The second-order valence-electron chi connectivity index (χ2n) is 8.87. The van der Waals surface area contributed by atoms with Crippen LogP contribution in [0.5, 0.6) is 11.5 Å². The minimum absolute atomic E-state index is 0.125. The Morgan fingerprint density at radius 1 is 1.20 bits per heavy atom. The zero-order chi connectivity index (χ0) is 26.4. The SMILES string of the molecule is C=CC[C@H](C[C@H](C=C)OCOCCOC)Oc1c(OC)ccc(CN(C)C(=O)OC(C)(C)C)c1Br. The molecule has 0 spiro atoms. The van der Waals surface area contributed by atoms with Crippen LogP contribution >= 0.6 is 15.9 Å². The van der Waals surface area contributed by atoms with Crippen molar-refractivity contribution in [3.05, 3.63) is 47.5 Å². The molecule has 0 aliphatic carbocycles. The minimum Gasteiger partial charge on any atom is -0.493 e. The van der Waals surface area contributed by atoms with Gasteiger partial charge in [-0.15, -0.1) is 13.2 Å². The van der Waals surface area contributed by atoms with Crippen molar-refractivity contribution in [1.29, 1.82) is 0 Å². The van der Waals surface area contributed by atoms with Crippen LogP contribution in [0.2, 0.25) is 0 Å². The Labute approximate surface area is 218 Å². The highest BCUT2D eigenvalue weighted by atomic mass is 79.9. The first kappa shape index (κ1) is 31.0. The van der Waals surface area contributed by atoms with Gasteiger partial charge in [-0.2, -0.15) is 0 Å². The van der Waals surface area contributed by atoms with Crippen LogP contribution in [-0.2, 0) is 25.5 Å². The number of rotatable bonds is 16. The van der Waals surface area contributed by atoms with Gasteiger partial charge in [0.05, 0.1) is 30.9 Å². The molecule has 0 fully saturated rings. The molecule has 0 aliphatic rings. The second-order valence-corrected chi connectivity index (χ2v) is 9.66. The van der Waals surface area contributed by atoms with Crippen LogP contribution < -0.4 is 9.47 Å². The van der Waals surface area contributed by atoms with Gasteiger partial charge in [0.15, 0.2) is 11.5 Å². The zero-order valence-electron chi connectivity index (χ0n) is 21.8. The molecule has 8 nitrogen and oxygen atoms in total. The summed E-state index contributed by atoms with van der Waals surface area (Å²) in [5.74, 6) is 1.10. The first-order chi connectivity index (χ1) is 16.6. The number of ether oxygens (including phenoxy) is 6. The third kappa shape index (κ3) is 11.5. The third-order valence-electron chi connectivity index (χ3n) is 4.74. The van der Waals surface area contributed by atoms with Gasteiger partial charge in [0.2, 0.25) is 0 Å². The van der Waals surface area contributed by atoms with Crippen molar-refractivity contribution < 1.29 is 33.2 Å². The van der Waals surface area contributed by atoms with Crippen LogP contribution in [0.3, 0.4) is 0 Å². The Morgan fingerprint density at radius 3 is 2.49 bits per heavy atom. The van der Waals surface area contributed by atoms with E-state index in [1.165, 1.54) is 4.90 Å². The van der Waals surface area contributed by atoms with Crippen molar-refractivity contribution in [1.82, 2.24) is 4.90 Å². The maximum absolute atomic E-state index is 12.4. The molecule has 0 saturated heterocycles. The summed E-state index contributed by atoms with van der Waals surface area (Å²) in [7, 11) is 4.88. The molecule has 0 N–H and O–H groups in total.